The Balaban J connectivity index is 1.53. The predicted octanol–water partition coefficient (Wildman–Crippen LogP) is 4.54. The Morgan fingerprint density at radius 1 is 1.33 bits per heavy atom. The van der Waals surface area contributed by atoms with Crippen molar-refractivity contribution in [1.82, 2.24) is 24.3 Å². The molecule has 0 spiro atoms. The van der Waals surface area contributed by atoms with Crippen LogP contribution in [0.3, 0.4) is 0 Å². The van der Waals surface area contributed by atoms with Crippen molar-refractivity contribution in [3.05, 3.63) is 62.4 Å². The summed E-state index contributed by atoms with van der Waals surface area (Å²) in [6.07, 6.45) is 1.18. The highest BCUT2D eigenvalue weighted by atomic mass is 35.5. The summed E-state index contributed by atoms with van der Waals surface area (Å²) in [4.78, 5) is 17.4. The van der Waals surface area contributed by atoms with E-state index in [1.54, 1.807) is 13.0 Å². The van der Waals surface area contributed by atoms with Gasteiger partial charge in [-0.05, 0) is 61.7 Å². The number of hydrogen-bond acceptors (Lipinski definition) is 9. The number of ether oxygens (including phenoxy) is 2. The second-order valence-electron chi connectivity index (χ2n) is 9.37. The molecule has 0 saturated carbocycles. The molecule has 5 rings (SSSR count). The first-order valence-corrected chi connectivity index (χ1v) is 15.1. The number of hydrogen-bond donors (Lipinski definition) is 0. The van der Waals surface area contributed by atoms with Gasteiger partial charge in [0, 0.05) is 30.1 Å². The smallest absolute Gasteiger partial charge is 0.306 e. The lowest BCUT2D eigenvalue weighted by atomic mass is 9.89. The van der Waals surface area contributed by atoms with Gasteiger partial charge in [-0.1, -0.05) is 22.9 Å². The lowest BCUT2D eigenvalue weighted by molar-refractivity contribution is -0.140. The highest BCUT2D eigenvalue weighted by Gasteiger charge is 2.35. The highest BCUT2D eigenvalue weighted by Crippen LogP contribution is 2.41. The minimum atomic E-state index is -3.88. The molecule has 4 heterocycles. The quantitative estimate of drug-likeness (QED) is 0.289. The molecule has 0 fully saturated rings. The van der Waals surface area contributed by atoms with Crippen molar-refractivity contribution >= 4 is 50.0 Å². The molecule has 206 valence electrons. The van der Waals surface area contributed by atoms with Crippen LogP contribution in [0, 0.1) is 6.92 Å². The van der Waals surface area contributed by atoms with E-state index in [4.69, 9.17) is 21.1 Å². The van der Waals surface area contributed by atoms with E-state index in [0.717, 1.165) is 27.0 Å². The number of carbonyl (C=O) groups excluding carboxylic acids is 1. The number of esters is 1. The van der Waals surface area contributed by atoms with Crippen LogP contribution in [0.1, 0.15) is 47.8 Å². The van der Waals surface area contributed by atoms with Gasteiger partial charge in [-0.2, -0.15) is 4.31 Å². The van der Waals surface area contributed by atoms with E-state index >= 15 is 0 Å². The number of aromatic nitrogens is 4. The molecule has 0 saturated heterocycles. The molecule has 0 radical (unpaired) electrons. The lowest BCUT2D eigenvalue weighted by Gasteiger charge is -2.21. The minimum Gasteiger partial charge on any atom is -0.472 e. The van der Waals surface area contributed by atoms with Crippen molar-refractivity contribution in [2.45, 2.75) is 57.2 Å². The molecule has 1 aliphatic heterocycles. The summed E-state index contributed by atoms with van der Waals surface area (Å²) < 4.78 is 41.5. The van der Waals surface area contributed by atoms with Gasteiger partial charge < -0.3 is 9.47 Å². The van der Waals surface area contributed by atoms with E-state index in [1.807, 2.05) is 36.7 Å². The number of thiophene rings is 1. The number of fused-ring (bicyclic) bond motifs is 2. The molecule has 3 aromatic heterocycles. The molecule has 1 aromatic carbocycles. The summed E-state index contributed by atoms with van der Waals surface area (Å²) in [7, 11) is -2.53. The summed E-state index contributed by atoms with van der Waals surface area (Å²) >= 11 is 8.03. The molecular weight excluding hydrogens is 562 g/mol. The summed E-state index contributed by atoms with van der Waals surface area (Å²) in [5, 5.41) is 8.59. The number of aryl methyl sites for hydroxylation is 2. The molecule has 13 heteroatoms. The van der Waals surface area contributed by atoms with Gasteiger partial charge >= 0.3 is 5.97 Å². The minimum absolute atomic E-state index is 0.0218. The van der Waals surface area contributed by atoms with Crippen LogP contribution < -0.4 is 4.74 Å². The van der Waals surface area contributed by atoms with Crippen LogP contribution in [0.25, 0.3) is 11.0 Å². The summed E-state index contributed by atoms with van der Waals surface area (Å²) in [5.74, 6) is -0.639. The van der Waals surface area contributed by atoms with Crippen molar-refractivity contribution in [2.24, 2.45) is 0 Å². The molecule has 0 N–H and O–H groups in total. The number of methoxy groups -OCH3 is 1. The van der Waals surface area contributed by atoms with Crippen molar-refractivity contribution < 1.29 is 22.7 Å². The van der Waals surface area contributed by atoms with Gasteiger partial charge in [0.1, 0.15) is 16.5 Å². The summed E-state index contributed by atoms with van der Waals surface area (Å²) in [6, 6.07) is 8.88. The van der Waals surface area contributed by atoms with Crippen LogP contribution >= 0.6 is 22.9 Å². The van der Waals surface area contributed by atoms with Crippen LogP contribution in [-0.4, -0.2) is 58.4 Å². The maximum atomic E-state index is 13.5. The summed E-state index contributed by atoms with van der Waals surface area (Å²) in [6.45, 7) is 6.63. The monoisotopic (exact) mass is 589 g/mol. The fourth-order valence-corrected chi connectivity index (χ4v) is 7.83. The van der Waals surface area contributed by atoms with E-state index in [1.165, 1.54) is 35.0 Å². The molecule has 1 aliphatic rings. The molecule has 10 nitrogen and oxygen atoms in total. The molecule has 0 bridgehead atoms. The molecule has 2 atom stereocenters. The van der Waals surface area contributed by atoms with Crippen LogP contribution in [0.5, 0.6) is 5.88 Å². The molecule has 39 heavy (non-hydrogen) atoms. The van der Waals surface area contributed by atoms with Crippen LogP contribution in [0.4, 0.5) is 0 Å². The fraction of sp³-hybridized carbons (Fsp3) is 0.385. The van der Waals surface area contributed by atoms with Crippen LogP contribution in [0.2, 0.25) is 4.34 Å². The van der Waals surface area contributed by atoms with Crippen molar-refractivity contribution in [3.8, 4) is 5.88 Å². The maximum Gasteiger partial charge on any atom is 0.306 e. The van der Waals surface area contributed by atoms with E-state index in [-0.39, 0.29) is 42.2 Å². The zero-order valence-electron chi connectivity index (χ0n) is 21.9. The number of carbonyl (C=O) groups is 1. The van der Waals surface area contributed by atoms with E-state index < -0.39 is 16.1 Å². The maximum absolute atomic E-state index is 13.5. The Morgan fingerprint density at radius 3 is 2.87 bits per heavy atom. The number of halogens is 1. The first kappa shape index (κ1) is 27.5. The Labute approximate surface area is 235 Å². The number of sulfonamides is 1. The third kappa shape index (κ3) is 5.13. The van der Waals surface area contributed by atoms with Crippen LogP contribution in [-0.2, 0) is 32.6 Å². The Morgan fingerprint density at radius 2 is 2.13 bits per heavy atom. The van der Waals surface area contributed by atoms with Gasteiger partial charge in [-0.25, -0.2) is 18.1 Å². The topological polar surface area (TPSA) is 117 Å². The Hall–Kier alpha value is -3.06. The zero-order chi connectivity index (χ0) is 27.9. The van der Waals surface area contributed by atoms with Crippen LogP contribution in [0.15, 0.2) is 41.4 Å². The first-order valence-electron chi connectivity index (χ1n) is 12.4. The zero-order valence-corrected chi connectivity index (χ0v) is 24.3. The van der Waals surface area contributed by atoms with Gasteiger partial charge in [-0.15, -0.1) is 16.4 Å². The van der Waals surface area contributed by atoms with Crippen molar-refractivity contribution in [2.75, 3.05) is 13.7 Å². The van der Waals surface area contributed by atoms with Gasteiger partial charge in [0.15, 0.2) is 0 Å². The predicted molar refractivity (Wildman–Crippen MR) is 148 cm³/mol. The molecule has 0 unspecified atom stereocenters. The number of rotatable bonds is 7. The average Bonchev–Trinajstić information content (AvgIpc) is 3.48. The van der Waals surface area contributed by atoms with Gasteiger partial charge in [-0.3, -0.25) is 4.79 Å². The molecule has 0 amide bonds. The fourth-order valence-electron chi connectivity index (χ4n) is 4.87. The van der Waals surface area contributed by atoms with Gasteiger partial charge in [0.25, 0.3) is 0 Å². The number of benzene rings is 1. The standard InChI is InChI=1S/C26H28ClN5O5S2/c1-5-32-20-9-8-18(16(3)24(20)29-30-32)19(12-23(33)36-4)21-11-17(25(27)38-21)14-31-13-15(2)37-26-22(39(31,34)35)7-6-10-28-26/h6-11,15,19H,5,12-14H2,1-4H3/t15-,19+/m1/s1. The second kappa shape index (κ2) is 10.8. The highest BCUT2D eigenvalue weighted by molar-refractivity contribution is 7.89. The average molecular weight is 590 g/mol. The summed E-state index contributed by atoms with van der Waals surface area (Å²) in [5.41, 5.74) is 4.15. The third-order valence-corrected chi connectivity index (χ3v) is 10.2. The molecular formula is C26H28ClN5O5S2. The molecule has 0 aliphatic carbocycles. The largest absolute Gasteiger partial charge is 0.472 e. The second-order valence-corrected chi connectivity index (χ2v) is 13.0. The third-order valence-electron chi connectivity index (χ3n) is 6.85. The molecule has 4 aromatic rings. The van der Waals surface area contributed by atoms with Gasteiger partial charge in [0.2, 0.25) is 15.9 Å². The SMILES string of the molecule is CCn1nnc2c(C)c([C@H](CC(=O)OC)c3cc(CN4C[C@@H](C)Oc5ncccc5S4(=O)=O)c(Cl)s3)ccc21. The Kier molecular flexibility index (Phi) is 7.64. The lowest BCUT2D eigenvalue weighted by Crippen LogP contribution is -2.35. The Bertz CT molecular complexity index is 1650. The van der Waals surface area contributed by atoms with Crippen molar-refractivity contribution in [1.29, 1.82) is 0 Å². The van der Waals surface area contributed by atoms with E-state index in [0.29, 0.717) is 16.4 Å². The van der Waals surface area contributed by atoms with E-state index in [2.05, 4.69) is 15.3 Å². The number of nitrogens with zero attached hydrogens (tertiary/aromatic N) is 5. The van der Waals surface area contributed by atoms with Crippen molar-refractivity contribution in [3.63, 3.8) is 0 Å². The first-order chi connectivity index (χ1) is 18.6. The van der Waals surface area contributed by atoms with E-state index in [9.17, 15) is 13.2 Å². The number of pyridine rings is 1. The van der Waals surface area contributed by atoms with Gasteiger partial charge in [0.05, 0.1) is 29.9 Å². The normalized spacial score (nSPS) is 17.8.